The Kier molecular flexibility index (Phi) is 18.2. The zero-order valence-corrected chi connectivity index (χ0v) is 18.4. The van der Waals surface area contributed by atoms with E-state index in [2.05, 4.69) is 40.8 Å². The molecular formula is C24H49N. The van der Waals surface area contributed by atoms with Crippen molar-refractivity contribution in [3.63, 3.8) is 0 Å². The fourth-order valence-electron chi connectivity index (χ4n) is 3.42. The molecular weight excluding hydrogens is 302 g/mol. The summed E-state index contributed by atoms with van der Waals surface area (Å²) in [5.74, 6) is 2.44. The maximum Gasteiger partial charge on any atom is 0.0385 e. The third-order valence-electron chi connectivity index (χ3n) is 5.17. The fourth-order valence-corrected chi connectivity index (χ4v) is 3.42. The average Bonchev–Trinajstić information content (AvgIpc) is 2.55. The molecule has 0 amide bonds. The summed E-state index contributed by atoms with van der Waals surface area (Å²) >= 11 is 0. The summed E-state index contributed by atoms with van der Waals surface area (Å²) in [4.78, 5) is 4.79. The highest BCUT2D eigenvalue weighted by Gasteiger charge is 2.07. The van der Waals surface area contributed by atoms with Crippen LogP contribution in [0.2, 0.25) is 0 Å². The van der Waals surface area contributed by atoms with E-state index in [9.17, 15) is 0 Å². The third kappa shape index (κ3) is 19.8. The summed E-state index contributed by atoms with van der Waals surface area (Å²) in [6.07, 6.45) is 21.6. The molecule has 0 aromatic rings. The Hall–Kier alpha value is -0.330. The van der Waals surface area contributed by atoms with Gasteiger partial charge in [-0.1, -0.05) is 105 Å². The summed E-state index contributed by atoms with van der Waals surface area (Å²) in [5, 5.41) is 0. The van der Waals surface area contributed by atoms with E-state index in [-0.39, 0.29) is 0 Å². The number of aliphatic imine (C=N–C) groups is 1. The van der Waals surface area contributed by atoms with Crippen LogP contribution in [0.4, 0.5) is 0 Å². The van der Waals surface area contributed by atoms with Gasteiger partial charge in [0.15, 0.2) is 0 Å². The first-order valence-corrected chi connectivity index (χ1v) is 11.6. The Labute approximate surface area is 160 Å². The molecule has 0 aromatic heterocycles. The summed E-state index contributed by atoms with van der Waals surface area (Å²) in [6, 6.07) is 0. The van der Waals surface area contributed by atoms with Gasteiger partial charge in [0.1, 0.15) is 0 Å². The van der Waals surface area contributed by atoms with Crippen LogP contribution >= 0.6 is 0 Å². The van der Waals surface area contributed by atoms with E-state index in [1.54, 1.807) is 0 Å². The molecule has 0 N–H and O–H groups in total. The highest BCUT2D eigenvalue weighted by Crippen LogP contribution is 2.19. The maximum atomic E-state index is 4.79. The van der Waals surface area contributed by atoms with Crippen LogP contribution in [0.25, 0.3) is 0 Å². The predicted octanol–water partition coefficient (Wildman–Crippen LogP) is 8.47. The van der Waals surface area contributed by atoms with Crippen molar-refractivity contribution in [2.45, 2.75) is 125 Å². The second-order valence-corrected chi connectivity index (χ2v) is 8.94. The van der Waals surface area contributed by atoms with Gasteiger partial charge in [0.25, 0.3) is 0 Å². The van der Waals surface area contributed by atoms with Gasteiger partial charge in [0.2, 0.25) is 0 Å². The molecule has 0 aromatic carbocycles. The van der Waals surface area contributed by atoms with Gasteiger partial charge in [0, 0.05) is 12.8 Å². The molecule has 0 fully saturated rings. The lowest BCUT2D eigenvalue weighted by molar-refractivity contribution is 0.459. The molecule has 1 nitrogen and oxygen atoms in total. The lowest BCUT2D eigenvalue weighted by Crippen LogP contribution is -2.04. The molecule has 0 saturated carbocycles. The van der Waals surface area contributed by atoms with E-state index in [4.69, 9.17) is 4.99 Å². The smallest absolute Gasteiger partial charge is 0.0385 e. The molecule has 150 valence electrons. The lowest BCUT2D eigenvalue weighted by atomic mass is 9.93. The molecule has 0 aliphatic rings. The molecule has 0 bridgehead atoms. The summed E-state index contributed by atoms with van der Waals surface area (Å²) in [5.41, 5.74) is 0. The van der Waals surface area contributed by atoms with E-state index in [1.807, 2.05) is 0 Å². The van der Waals surface area contributed by atoms with Crippen molar-refractivity contribution in [3.8, 4) is 0 Å². The van der Waals surface area contributed by atoms with Crippen LogP contribution in [-0.2, 0) is 0 Å². The molecule has 1 heteroatoms. The zero-order chi connectivity index (χ0) is 18.8. The average molecular weight is 352 g/mol. The van der Waals surface area contributed by atoms with Gasteiger partial charge in [-0.25, -0.2) is 0 Å². The molecule has 0 aliphatic carbocycles. The predicted molar refractivity (Wildman–Crippen MR) is 117 cm³/mol. The Morgan fingerprint density at radius 1 is 0.600 bits per heavy atom. The maximum absolute atomic E-state index is 4.79. The highest BCUT2D eigenvalue weighted by molar-refractivity contribution is 5.60. The van der Waals surface area contributed by atoms with Crippen molar-refractivity contribution < 1.29 is 0 Å². The molecule has 1 unspecified atom stereocenters. The SMILES string of the molecule is CCCCCCCCN=CC(CCCCCC(C)C)CCCC(C)C. The Bertz CT molecular complexity index is 280. The van der Waals surface area contributed by atoms with Crippen molar-refractivity contribution in [1.82, 2.24) is 0 Å². The van der Waals surface area contributed by atoms with Gasteiger partial charge in [-0.2, -0.15) is 0 Å². The van der Waals surface area contributed by atoms with E-state index in [0.717, 1.165) is 24.3 Å². The topological polar surface area (TPSA) is 12.4 Å². The van der Waals surface area contributed by atoms with Crippen molar-refractivity contribution in [2.75, 3.05) is 6.54 Å². The van der Waals surface area contributed by atoms with Crippen LogP contribution < -0.4 is 0 Å². The molecule has 0 rings (SSSR count). The van der Waals surface area contributed by atoms with Gasteiger partial charge in [-0.05, 0) is 37.0 Å². The van der Waals surface area contributed by atoms with E-state index >= 15 is 0 Å². The standard InChI is InChI=1S/C24H49N/c1-6-7-8-9-10-14-20-25-21-24(19-15-17-23(4)5)18-13-11-12-16-22(2)3/h21-24H,6-20H2,1-5H3. The molecule has 25 heavy (non-hydrogen) atoms. The van der Waals surface area contributed by atoms with Gasteiger partial charge in [-0.15, -0.1) is 0 Å². The van der Waals surface area contributed by atoms with Crippen LogP contribution in [0, 0.1) is 17.8 Å². The van der Waals surface area contributed by atoms with Crippen LogP contribution in [0.5, 0.6) is 0 Å². The van der Waals surface area contributed by atoms with Crippen LogP contribution in [0.1, 0.15) is 125 Å². The number of nitrogens with zero attached hydrogens (tertiary/aromatic N) is 1. The van der Waals surface area contributed by atoms with Crippen molar-refractivity contribution in [3.05, 3.63) is 0 Å². The first-order valence-electron chi connectivity index (χ1n) is 11.6. The van der Waals surface area contributed by atoms with E-state index < -0.39 is 0 Å². The number of hydrogen-bond donors (Lipinski definition) is 0. The Balaban J connectivity index is 3.92. The highest BCUT2D eigenvalue weighted by atomic mass is 14.7. The Morgan fingerprint density at radius 2 is 1.12 bits per heavy atom. The van der Waals surface area contributed by atoms with Crippen molar-refractivity contribution >= 4 is 6.21 Å². The molecule has 1 atom stereocenters. The fraction of sp³-hybridized carbons (Fsp3) is 0.958. The first kappa shape index (κ1) is 24.7. The first-order chi connectivity index (χ1) is 12.1. The molecule has 0 aliphatic heterocycles. The van der Waals surface area contributed by atoms with Gasteiger partial charge in [-0.3, -0.25) is 4.99 Å². The van der Waals surface area contributed by atoms with Crippen molar-refractivity contribution in [1.29, 1.82) is 0 Å². The minimum Gasteiger partial charge on any atom is -0.297 e. The van der Waals surface area contributed by atoms with Gasteiger partial charge in [0.05, 0.1) is 0 Å². The molecule has 0 spiro atoms. The second-order valence-electron chi connectivity index (χ2n) is 8.94. The third-order valence-corrected chi connectivity index (χ3v) is 5.17. The van der Waals surface area contributed by atoms with Gasteiger partial charge < -0.3 is 0 Å². The van der Waals surface area contributed by atoms with Gasteiger partial charge >= 0.3 is 0 Å². The monoisotopic (exact) mass is 351 g/mol. The molecule has 0 heterocycles. The normalized spacial score (nSPS) is 13.4. The molecule has 0 saturated heterocycles. The summed E-state index contributed by atoms with van der Waals surface area (Å²) in [7, 11) is 0. The summed E-state index contributed by atoms with van der Waals surface area (Å²) < 4.78 is 0. The Morgan fingerprint density at radius 3 is 1.80 bits per heavy atom. The number of rotatable bonds is 18. The van der Waals surface area contributed by atoms with Crippen molar-refractivity contribution in [2.24, 2.45) is 22.7 Å². The largest absolute Gasteiger partial charge is 0.297 e. The van der Waals surface area contributed by atoms with Crippen LogP contribution in [-0.4, -0.2) is 12.8 Å². The quantitative estimate of drug-likeness (QED) is 0.173. The minimum atomic E-state index is 0.734. The van der Waals surface area contributed by atoms with E-state index in [0.29, 0.717) is 0 Å². The van der Waals surface area contributed by atoms with E-state index in [1.165, 1.54) is 89.9 Å². The lowest BCUT2D eigenvalue weighted by Gasteiger charge is -2.13. The summed E-state index contributed by atoms with van der Waals surface area (Å²) in [6.45, 7) is 12.7. The second kappa shape index (κ2) is 18.5. The van der Waals surface area contributed by atoms with Crippen LogP contribution in [0.15, 0.2) is 4.99 Å². The number of hydrogen-bond acceptors (Lipinski definition) is 1. The van der Waals surface area contributed by atoms with Crippen LogP contribution in [0.3, 0.4) is 0 Å². The minimum absolute atomic E-state index is 0.734. The molecule has 0 radical (unpaired) electrons. The zero-order valence-electron chi connectivity index (χ0n) is 18.4. The number of unbranched alkanes of at least 4 members (excludes halogenated alkanes) is 7.